The molecule has 2 nitrogen and oxygen atoms in total. The second kappa shape index (κ2) is 2.76. The van der Waals surface area contributed by atoms with E-state index >= 15 is 0 Å². The monoisotopic (exact) mass is 155 g/mol. The Morgan fingerprint density at radius 1 is 1.45 bits per heavy atom. The Kier molecular flexibility index (Phi) is 1.90. The Morgan fingerprint density at radius 2 is 2.27 bits per heavy atom. The summed E-state index contributed by atoms with van der Waals surface area (Å²) in [5.41, 5.74) is 6.07. The Morgan fingerprint density at radius 3 is 3.00 bits per heavy atom. The average Bonchev–Trinajstić information content (AvgIpc) is 2.75. The van der Waals surface area contributed by atoms with E-state index in [2.05, 4.69) is 0 Å². The van der Waals surface area contributed by atoms with Crippen molar-refractivity contribution in [3.8, 4) is 0 Å². The third-order valence-corrected chi connectivity index (χ3v) is 3.30. The number of ether oxygens (including phenoxy) is 1. The highest BCUT2D eigenvalue weighted by Crippen LogP contribution is 2.50. The van der Waals surface area contributed by atoms with Gasteiger partial charge in [0.2, 0.25) is 0 Å². The molecule has 0 spiro atoms. The van der Waals surface area contributed by atoms with Crippen LogP contribution in [-0.4, -0.2) is 19.8 Å². The molecule has 0 bridgehead atoms. The smallest absolute Gasteiger partial charge is 0.0505 e. The third-order valence-electron chi connectivity index (χ3n) is 3.30. The number of rotatable bonds is 2. The normalized spacial score (nSPS) is 48.5. The fraction of sp³-hybridized carbons (Fsp3) is 1.00. The molecule has 2 aliphatic rings. The molecule has 11 heavy (non-hydrogen) atoms. The van der Waals surface area contributed by atoms with E-state index in [4.69, 9.17) is 10.5 Å². The van der Waals surface area contributed by atoms with Crippen molar-refractivity contribution >= 4 is 0 Å². The lowest BCUT2D eigenvalue weighted by molar-refractivity contribution is 0.116. The van der Waals surface area contributed by atoms with Gasteiger partial charge in [0.1, 0.15) is 0 Å². The van der Waals surface area contributed by atoms with Crippen molar-refractivity contribution in [1.82, 2.24) is 0 Å². The van der Waals surface area contributed by atoms with E-state index in [1.807, 2.05) is 0 Å². The van der Waals surface area contributed by atoms with E-state index in [0.717, 1.165) is 18.4 Å². The highest BCUT2D eigenvalue weighted by molar-refractivity contribution is 5.00. The molecule has 2 aliphatic carbocycles. The minimum atomic E-state index is 0.439. The first-order valence-electron chi connectivity index (χ1n) is 4.57. The van der Waals surface area contributed by atoms with E-state index in [0.29, 0.717) is 12.0 Å². The number of methoxy groups -OCH3 is 1. The zero-order valence-corrected chi connectivity index (χ0v) is 7.12. The van der Waals surface area contributed by atoms with Crippen LogP contribution in [0.25, 0.3) is 0 Å². The SMILES string of the molecule is COC[C@H]1CC[C@@H]2CC2C1N. The molecule has 2 unspecified atom stereocenters. The number of fused-ring (bicyclic) bond motifs is 1. The summed E-state index contributed by atoms with van der Waals surface area (Å²) in [6.07, 6.45) is 4.07. The van der Waals surface area contributed by atoms with E-state index in [1.165, 1.54) is 19.3 Å². The van der Waals surface area contributed by atoms with Gasteiger partial charge in [-0.25, -0.2) is 0 Å². The first-order chi connectivity index (χ1) is 5.33. The van der Waals surface area contributed by atoms with Crippen LogP contribution in [0.1, 0.15) is 19.3 Å². The summed E-state index contributed by atoms with van der Waals surface area (Å²) in [5.74, 6) is 2.48. The number of hydrogen-bond donors (Lipinski definition) is 1. The predicted molar refractivity (Wildman–Crippen MR) is 44.2 cm³/mol. The molecule has 2 saturated carbocycles. The summed E-state index contributed by atoms with van der Waals surface area (Å²) in [4.78, 5) is 0. The molecule has 2 rings (SSSR count). The molecule has 2 N–H and O–H groups in total. The van der Waals surface area contributed by atoms with Crippen LogP contribution in [-0.2, 0) is 4.74 Å². The van der Waals surface area contributed by atoms with Gasteiger partial charge >= 0.3 is 0 Å². The molecule has 0 heterocycles. The quantitative estimate of drug-likeness (QED) is 0.646. The largest absolute Gasteiger partial charge is 0.384 e. The Labute approximate surface area is 68.1 Å². The minimum absolute atomic E-state index is 0.439. The van der Waals surface area contributed by atoms with Crippen LogP contribution in [0.4, 0.5) is 0 Å². The molecule has 64 valence electrons. The van der Waals surface area contributed by atoms with Gasteiger partial charge in [-0.3, -0.25) is 0 Å². The molecule has 4 atom stereocenters. The number of nitrogens with two attached hydrogens (primary N) is 1. The van der Waals surface area contributed by atoms with Crippen molar-refractivity contribution in [2.24, 2.45) is 23.5 Å². The van der Waals surface area contributed by atoms with Crippen LogP contribution in [0.5, 0.6) is 0 Å². The highest BCUT2D eigenvalue weighted by atomic mass is 16.5. The zero-order valence-electron chi connectivity index (χ0n) is 7.12. The summed E-state index contributed by atoms with van der Waals surface area (Å²) in [7, 11) is 1.77. The molecule has 2 heteroatoms. The lowest BCUT2D eigenvalue weighted by Gasteiger charge is -2.27. The number of hydrogen-bond acceptors (Lipinski definition) is 2. The lowest BCUT2D eigenvalue weighted by Crippen LogP contribution is -2.38. The minimum Gasteiger partial charge on any atom is -0.384 e. The maximum absolute atomic E-state index is 6.07. The molecular formula is C9H17NO. The van der Waals surface area contributed by atoms with Crippen molar-refractivity contribution in [2.75, 3.05) is 13.7 Å². The summed E-state index contributed by atoms with van der Waals surface area (Å²) >= 11 is 0. The van der Waals surface area contributed by atoms with Gasteiger partial charge in [-0.15, -0.1) is 0 Å². The van der Waals surface area contributed by atoms with Gasteiger partial charge in [0.05, 0.1) is 6.61 Å². The van der Waals surface area contributed by atoms with E-state index in [1.54, 1.807) is 7.11 Å². The molecule has 0 aromatic heterocycles. The van der Waals surface area contributed by atoms with Crippen molar-refractivity contribution in [1.29, 1.82) is 0 Å². The molecular weight excluding hydrogens is 138 g/mol. The van der Waals surface area contributed by atoms with Crippen molar-refractivity contribution in [2.45, 2.75) is 25.3 Å². The fourth-order valence-electron chi connectivity index (χ4n) is 2.45. The first kappa shape index (κ1) is 7.56. The van der Waals surface area contributed by atoms with E-state index < -0.39 is 0 Å². The summed E-state index contributed by atoms with van der Waals surface area (Å²) < 4.78 is 5.14. The lowest BCUT2D eigenvalue weighted by atomic mass is 9.86. The summed E-state index contributed by atoms with van der Waals surface area (Å²) in [6.45, 7) is 0.865. The van der Waals surface area contributed by atoms with Crippen LogP contribution in [0.3, 0.4) is 0 Å². The first-order valence-corrected chi connectivity index (χ1v) is 4.57. The van der Waals surface area contributed by atoms with E-state index in [-0.39, 0.29) is 0 Å². The summed E-state index contributed by atoms with van der Waals surface area (Å²) in [6, 6.07) is 0.439. The Balaban J connectivity index is 1.89. The molecule has 0 amide bonds. The van der Waals surface area contributed by atoms with Gasteiger partial charge in [-0.1, -0.05) is 0 Å². The van der Waals surface area contributed by atoms with Gasteiger partial charge < -0.3 is 10.5 Å². The Bertz CT molecular complexity index is 148. The molecule has 0 aromatic rings. The maximum atomic E-state index is 6.07. The van der Waals surface area contributed by atoms with Crippen LogP contribution in [0.2, 0.25) is 0 Å². The van der Waals surface area contributed by atoms with Crippen LogP contribution in [0.15, 0.2) is 0 Å². The van der Waals surface area contributed by atoms with Gasteiger partial charge in [0.25, 0.3) is 0 Å². The van der Waals surface area contributed by atoms with Gasteiger partial charge in [0.15, 0.2) is 0 Å². The maximum Gasteiger partial charge on any atom is 0.0505 e. The predicted octanol–water partition coefficient (Wildman–Crippen LogP) is 1.01. The van der Waals surface area contributed by atoms with Gasteiger partial charge in [-0.2, -0.15) is 0 Å². The topological polar surface area (TPSA) is 35.2 Å². The molecule has 2 fully saturated rings. The van der Waals surface area contributed by atoms with Crippen LogP contribution in [0, 0.1) is 17.8 Å². The van der Waals surface area contributed by atoms with Gasteiger partial charge in [0, 0.05) is 13.2 Å². The molecule has 0 saturated heterocycles. The molecule has 0 radical (unpaired) electrons. The fourth-order valence-corrected chi connectivity index (χ4v) is 2.45. The second-order valence-corrected chi connectivity index (χ2v) is 4.03. The second-order valence-electron chi connectivity index (χ2n) is 4.03. The Hall–Kier alpha value is -0.0800. The van der Waals surface area contributed by atoms with Crippen molar-refractivity contribution < 1.29 is 4.74 Å². The highest BCUT2D eigenvalue weighted by Gasteiger charge is 2.47. The molecule has 0 aliphatic heterocycles. The standard InChI is InChI=1S/C9H17NO/c1-11-5-7-3-2-6-4-8(6)9(7)10/h6-9H,2-5,10H2,1H3/t6-,7-,8?,9?/m1/s1. The van der Waals surface area contributed by atoms with Crippen molar-refractivity contribution in [3.63, 3.8) is 0 Å². The zero-order chi connectivity index (χ0) is 7.84. The summed E-state index contributed by atoms with van der Waals surface area (Å²) in [5, 5.41) is 0. The van der Waals surface area contributed by atoms with E-state index in [9.17, 15) is 0 Å². The third kappa shape index (κ3) is 1.30. The average molecular weight is 155 g/mol. The van der Waals surface area contributed by atoms with Crippen molar-refractivity contribution in [3.05, 3.63) is 0 Å². The van der Waals surface area contributed by atoms with Gasteiger partial charge in [-0.05, 0) is 37.0 Å². The van der Waals surface area contributed by atoms with Crippen LogP contribution < -0.4 is 5.73 Å². The van der Waals surface area contributed by atoms with Crippen LogP contribution >= 0.6 is 0 Å². The molecule has 0 aromatic carbocycles.